The Hall–Kier alpha value is -2.23. The number of piperidine rings is 2. The van der Waals surface area contributed by atoms with Crippen molar-refractivity contribution in [3.8, 4) is 5.75 Å². The van der Waals surface area contributed by atoms with E-state index in [-0.39, 0.29) is 24.1 Å². The maximum absolute atomic E-state index is 13.0. The van der Waals surface area contributed by atoms with Crippen LogP contribution in [0.15, 0.2) is 12.1 Å². The number of benzene rings is 1. The smallest absolute Gasteiger partial charge is 0.409 e. The van der Waals surface area contributed by atoms with Crippen molar-refractivity contribution in [2.24, 2.45) is 11.8 Å². The Kier molecular flexibility index (Phi) is 11.2. The summed E-state index contributed by atoms with van der Waals surface area (Å²) < 4.78 is 16.6. The molecule has 3 unspecified atom stereocenters. The Balaban J connectivity index is 1.45. The summed E-state index contributed by atoms with van der Waals surface area (Å²) in [6, 6.07) is 2.98. The number of nitrogens with zero attached hydrogens (tertiary/aromatic N) is 2. The third kappa shape index (κ3) is 8.12. The van der Waals surface area contributed by atoms with Gasteiger partial charge < -0.3 is 35.1 Å². The maximum atomic E-state index is 13.0. The van der Waals surface area contributed by atoms with Gasteiger partial charge >= 0.3 is 6.09 Å². The molecule has 3 atom stereocenters. The normalized spacial score (nSPS) is 21.9. The summed E-state index contributed by atoms with van der Waals surface area (Å²) >= 11 is 6.14. The number of halogens is 1. The molecular formula is C27H43ClN4O5. The molecule has 2 aliphatic heterocycles. The SMILES string of the molecule is CCC(C)CCOC(=O)N1CCC(CN2CCC(NC(=O)c3cc(Cl)c(N)cc3OC)C(OC)C2)CC1. The lowest BCUT2D eigenvalue weighted by atomic mass is 9.94. The fourth-order valence-electron chi connectivity index (χ4n) is 5.02. The van der Waals surface area contributed by atoms with E-state index in [1.54, 1.807) is 13.2 Å². The Morgan fingerprint density at radius 2 is 1.92 bits per heavy atom. The van der Waals surface area contributed by atoms with Gasteiger partial charge in [0.05, 0.1) is 42.1 Å². The van der Waals surface area contributed by atoms with Crippen LogP contribution >= 0.6 is 11.6 Å². The highest BCUT2D eigenvalue weighted by Gasteiger charge is 2.33. The van der Waals surface area contributed by atoms with E-state index in [0.717, 1.165) is 64.8 Å². The van der Waals surface area contributed by atoms with E-state index in [1.807, 2.05) is 4.90 Å². The molecule has 0 radical (unpaired) electrons. The lowest BCUT2D eigenvalue weighted by Gasteiger charge is -2.40. The summed E-state index contributed by atoms with van der Waals surface area (Å²) in [6.45, 7) is 8.85. The summed E-state index contributed by atoms with van der Waals surface area (Å²) in [5.41, 5.74) is 6.56. The van der Waals surface area contributed by atoms with Crippen molar-refractivity contribution in [1.29, 1.82) is 0 Å². The third-order valence-electron chi connectivity index (χ3n) is 7.75. The number of amides is 2. The lowest BCUT2D eigenvalue weighted by molar-refractivity contribution is -0.00146. The first kappa shape index (κ1) is 29.3. The van der Waals surface area contributed by atoms with Crippen molar-refractivity contribution in [1.82, 2.24) is 15.1 Å². The third-order valence-corrected chi connectivity index (χ3v) is 8.08. The average molecular weight is 539 g/mol. The lowest BCUT2D eigenvalue weighted by Crippen LogP contribution is -2.55. The van der Waals surface area contributed by atoms with Gasteiger partial charge in [0.1, 0.15) is 5.75 Å². The van der Waals surface area contributed by atoms with Crippen LogP contribution in [0.25, 0.3) is 0 Å². The molecule has 2 aliphatic rings. The molecule has 3 N–H and O–H groups in total. The van der Waals surface area contributed by atoms with Gasteiger partial charge in [-0.1, -0.05) is 31.9 Å². The summed E-state index contributed by atoms with van der Waals surface area (Å²) in [4.78, 5) is 29.6. The minimum atomic E-state index is -0.261. The molecule has 3 rings (SSSR count). The monoisotopic (exact) mass is 538 g/mol. The van der Waals surface area contributed by atoms with Crippen molar-refractivity contribution >= 4 is 29.3 Å². The van der Waals surface area contributed by atoms with Crippen molar-refractivity contribution < 1.29 is 23.8 Å². The second-order valence-electron chi connectivity index (χ2n) is 10.3. The average Bonchev–Trinajstić information content (AvgIpc) is 2.90. The number of nitrogens with two attached hydrogens (primary N) is 1. The highest BCUT2D eigenvalue weighted by Crippen LogP contribution is 2.29. The molecule has 0 aliphatic carbocycles. The zero-order valence-electron chi connectivity index (χ0n) is 22.6. The van der Waals surface area contributed by atoms with Gasteiger partial charge in [-0.25, -0.2) is 4.79 Å². The summed E-state index contributed by atoms with van der Waals surface area (Å²) in [5, 5.41) is 3.41. The van der Waals surface area contributed by atoms with Crippen LogP contribution in [0.2, 0.25) is 5.02 Å². The molecule has 10 heteroatoms. The van der Waals surface area contributed by atoms with Gasteiger partial charge in [0, 0.05) is 45.9 Å². The van der Waals surface area contributed by atoms with E-state index in [1.165, 1.54) is 13.2 Å². The highest BCUT2D eigenvalue weighted by atomic mass is 35.5. The molecular weight excluding hydrogens is 496 g/mol. The highest BCUT2D eigenvalue weighted by molar-refractivity contribution is 6.33. The molecule has 1 aromatic rings. The van der Waals surface area contributed by atoms with Gasteiger partial charge in [0.25, 0.3) is 5.91 Å². The number of likely N-dealkylation sites (tertiary alicyclic amines) is 2. The summed E-state index contributed by atoms with van der Waals surface area (Å²) in [6.07, 6.45) is 4.40. The van der Waals surface area contributed by atoms with Crippen LogP contribution in [-0.4, -0.2) is 87.5 Å². The van der Waals surface area contributed by atoms with Gasteiger partial charge in [0.2, 0.25) is 0 Å². The first-order chi connectivity index (χ1) is 17.7. The first-order valence-electron chi connectivity index (χ1n) is 13.4. The maximum Gasteiger partial charge on any atom is 0.409 e. The molecule has 0 saturated carbocycles. The molecule has 0 bridgehead atoms. The van der Waals surface area contributed by atoms with Crippen LogP contribution in [0.5, 0.6) is 5.75 Å². The quantitative estimate of drug-likeness (QED) is 0.433. The minimum absolute atomic E-state index is 0.123. The zero-order valence-corrected chi connectivity index (χ0v) is 23.4. The molecule has 37 heavy (non-hydrogen) atoms. The number of nitrogen functional groups attached to an aromatic ring is 1. The predicted octanol–water partition coefficient (Wildman–Crippen LogP) is 4.03. The number of rotatable bonds is 10. The fraction of sp³-hybridized carbons (Fsp3) is 0.704. The molecule has 0 aromatic heterocycles. The number of anilines is 1. The van der Waals surface area contributed by atoms with Crippen LogP contribution in [0.3, 0.4) is 0 Å². The summed E-state index contributed by atoms with van der Waals surface area (Å²) in [5.74, 6) is 1.22. The number of carbonyl (C=O) groups excluding carboxylic acids is 2. The Morgan fingerprint density at radius 1 is 1.19 bits per heavy atom. The van der Waals surface area contributed by atoms with Gasteiger partial charge in [-0.05, 0) is 43.6 Å². The first-order valence-corrected chi connectivity index (χ1v) is 13.7. The molecule has 1 aromatic carbocycles. The molecule has 9 nitrogen and oxygen atoms in total. The van der Waals surface area contributed by atoms with E-state index < -0.39 is 0 Å². The van der Waals surface area contributed by atoms with Crippen LogP contribution < -0.4 is 15.8 Å². The second kappa shape index (κ2) is 14.1. The standard InChI is InChI=1S/C27H43ClN4O5/c1-5-18(2)9-13-37-27(34)32-11-6-19(7-12-32)16-31-10-8-23(25(17-31)36-4)30-26(33)20-14-21(28)22(29)15-24(20)35-3/h14-15,18-19,23,25H,5-13,16-17,29H2,1-4H3,(H,30,33). The summed E-state index contributed by atoms with van der Waals surface area (Å²) in [7, 11) is 3.18. The van der Waals surface area contributed by atoms with Crippen molar-refractivity contribution in [2.45, 2.75) is 58.1 Å². The Bertz CT molecular complexity index is 909. The number of nitrogens with one attached hydrogen (secondary N) is 1. The molecule has 2 saturated heterocycles. The topological polar surface area (TPSA) is 106 Å². The van der Waals surface area contributed by atoms with Gasteiger partial charge in [-0.2, -0.15) is 0 Å². The fourth-order valence-corrected chi connectivity index (χ4v) is 5.18. The van der Waals surface area contributed by atoms with E-state index >= 15 is 0 Å². The minimum Gasteiger partial charge on any atom is -0.496 e. The van der Waals surface area contributed by atoms with Crippen LogP contribution in [0.1, 0.15) is 56.3 Å². The zero-order chi connectivity index (χ0) is 26.9. The van der Waals surface area contributed by atoms with Crippen molar-refractivity contribution in [3.63, 3.8) is 0 Å². The van der Waals surface area contributed by atoms with Gasteiger partial charge in [-0.15, -0.1) is 0 Å². The van der Waals surface area contributed by atoms with E-state index in [4.69, 9.17) is 31.5 Å². The molecule has 0 spiro atoms. The number of carbonyl (C=O) groups is 2. The predicted molar refractivity (Wildman–Crippen MR) is 145 cm³/mol. The number of hydrogen-bond acceptors (Lipinski definition) is 7. The Labute approximate surface area is 225 Å². The largest absolute Gasteiger partial charge is 0.496 e. The second-order valence-corrected chi connectivity index (χ2v) is 10.7. The Morgan fingerprint density at radius 3 is 2.57 bits per heavy atom. The van der Waals surface area contributed by atoms with Crippen LogP contribution in [0, 0.1) is 11.8 Å². The van der Waals surface area contributed by atoms with E-state index in [9.17, 15) is 9.59 Å². The molecule has 208 valence electrons. The molecule has 2 fully saturated rings. The number of ether oxygens (including phenoxy) is 3. The molecule has 2 heterocycles. The van der Waals surface area contributed by atoms with Gasteiger partial charge in [0.15, 0.2) is 0 Å². The van der Waals surface area contributed by atoms with E-state index in [0.29, 0.717) is 40.5 Å². The van der Waals surface area contributed by atoms with E-state index in [2.05, 4.69) is 24.1 Å². The van der Waals surface area contributed by atoms with Crippen LogP contribution in [-0.2, 0) is 9.47 Å². The van der Waals surface area contributed by atoms with Crippen molar-refractivity contribution in [3.05, 3.63) is 22.7 Å². The number of hydrogen-bond donors (Lipinski definition) is 2. The van der Waals surface area contributed by atoms with Crippen molar-refractivity contribution in [2.75, 3.05) is 59.3 Å². The number of methoxy groups -OCH3 is 2. The molecule has 2 amide bonds. The van der Waals surface area contributed by atoms with Gasteiger partial charge in [-0.3, -0.25) is 4.79 Å². The van der Waals surface area contributed by atoms with Crippen LogP contribution in [0.4, 0.5) is 10.5 Å².